The average molecular weight is 1060 g/mol. The normalized spacial score (nSPS) is 12.1. The molecule has 70 heavy (non-hydrogen) atoms. The van der Waals surface area contributed by atoms with Gasteiger partial charge in [-0.2, -0.15) is 35.8 Å². The highest BCUT2D eigenvalue weighted by molar-refractivity contribution is 7.86. The first-order valence-corrected chi connectivity index (χ1v) is 25.7. The average Bonchev–Trinajstić information content (AvgIpc) is 3.65. The van der Waals surface area contributed by atoms with Crippen LogP contribution in [0.3, 0.4) is 0 Å². The fourth-order valence-corrected chi connectivity index (χ4v) is 10.1. The van der Waals surface area contributed by atoms with Gasteiger partial charge in [0.15, 0.2) is 16.6 Å². The molecular weight excluding hydrogens is 1030 g/mol. The first-order chi connectivity index (χ1) is 33.0. The number of thiophene rings is 1. The quantitative estimate of drug-likeness (QED) is 0.0435. The third-order valence-corrected chi connectivity index (χ3v) is 14.4. The number of aromatic nitrogens is 1. The van der Waals surface area contributed by atoms with Gasteiger partial charge >= 0.3 is 0 Å². The highest BCUT2D eigenvalue weighted by Crippen LogP contribution is 2.49. The van der Waals surface area contributed by atoms with Gasteiger partial charge in [0.2, 0.25) is 5.91 Å². The van der Waals surface area contributed by atoms with Gasteiger partial charge in [-0.3, -0.25) is 18.5 Å². The van der Waals surface area contributed by atoms with Crippen LogP contribution in [0.4, 0.5) is 50.1 Å². The zero-order valence-electron chi connectivity index (χ0n) is 36.0. The smallest absolute Gasteiger partial charge is 0.296 e. The van der Waals surface area contributed by atoms with Gasteiger partial charge in [-0.05, 0) is 85.3 Å². The number of nitrogens with zero attached hydrogens (tertiary/aromatic N) is 7. The lowest BCUT2D eigenvalue weighted by Crippen LogP contribution is -2.17. The van der Waals surface area contributed by atoms with Gasteiger partial charge in [-0.25, -0.2) is 4.98 Å². The van der Waals surface area contributed by atoms with Crippen LogP contribution in [0.15, 0.2) is 132 Å². The number of hydrogen-bond donors (Lipinski definition) is 6. The van der Waals surface area contributed by atoms with Crippen molar-refractivity contribution in [2.45, 2.75) is 35.5 Å². The number of nitriles is 2. The van der Waals surface area contributed by atoms with Crippen molar-refractivity contribution in [3.8, 4) is 23.3 Å². The number of rotatable bonds is 14. The molecule has 0 saturated heterocycles. The Balaban J connectivity index is 1.41. The van der Waals surface area contributed by atoms with E-state index in [1.54, 1.807) is 62.4 Å². The van der Waals surface area contributed by atoms with Crippen LogP contribution in [0.5, 0.6) is 0 Å². The summed E-state index contributed by atoms with van der Waals surface area (Å²) in [7, 11) is -14.7. The number of fused-ring (bicyclic) bond motifs is 1. The lowest BCUT2D eigenvalue weighted by Gasteiger charge is -2.16. The molecule has 0 aliphatic carbocycles. The van der Waals surface area contributed by atoms with Gasteiger partial charge in [0.25, 0.3) is 30.4 Å². The van der Waals surface area contributed by atoms with Gasteiger partial charge < -0.3 is 16.0 Å². The van der Waals surface area contributed by atoms with Gasteiger partial charge in [-0.15, -0.1) is 20.5 Å². The third-order valence-electron chi connectivity index (χ3n) is 10.0. The van der Waals surface area contributed by atoms with Crippen molar-refractivity contribution in [2.75, 3.05) is 16.0 Å². The molecule has 0 aliphatic rings. The number of halogens is 2. The summed E-state index contributed by atoms with van der Waals surface area (Å²) in [6.45, 7) is 4.96. The SMILES string of the molecule is Cc1c(C#N)c(Nc2ccc(Cl)c(S(=O)(=O)O)c2)nc(Nc2ccc(Cl)cc2)c1N=Nc1sc(N=Nc2cc(S(=O)(=O)O)c3cccc(S(=O)(=O)O)c3c2)c(-c2ccc(NC(=O)C(C)C)cc2)c1C#N. The molecule has 0 unspecified atom stereocenters. The molecule has 26 heteroatoms. The molecule has 0 saturated carbocycles. The van der Waals surface area contributed by atoms with Gasteiger partial charge in [0.1, 0.15) is 43.1 Å². The predicted molar refractivity (Wildman–Crippen MR) is 263 cm³/mol. The second-order valence-corrected chi connectivity index (χ2v) is 21.1. The summed E-state index contributed by atoms with van der Waals surface area (Å²) in [6, 6.07) is 26.0. The van der Waals surface area contributed by atoms with E-state index in [0.717, 1.165) is 35.6 Å². The summed E-state index contributed by atoms with van der Waals surface area (Å²) in [6.07, 6.45) is 0. The van der Waals surface area contributed by atoms with E-state index >= 15 is 0 Å². The number of anilines is 5. The summed E-state index contributed by atoms with van der Waals surface area (Å²) in [5, 5.41) is 46.9. The fraction of sp³-hybridized carbons (Fsp3) is 0.0909. The van der Waals surface area contributed by atoms with Crippen molar-refractivity contribution >= 4 is 132 Å². The minimum atomic E-state index is -5.02. The molecule has 0 fully saturated rings. The first-order valence-electron chi connectivity index (χ1n) is 19.8. The second kappa shape index (κ2) is 20.0. The van der Waals surface area contributed by atoms with Crippen molar-refractivity contribution in [3.63, 3.8) is 0 Å². The molecule has 0 bridgehead atoms. The Labute approximate surface area is 413 Å². The lowest BCUT2D eigenvalue weighted by atomic mass is 10.0. The minimum Gasteiger partial charge on any atom is -0.339 e. The lowest BCUT2D eigenvalue weighted by molar-refractivity contribution is -0.118. The van der Waals surface area contributed by atoms with E-state index < -0.39 is 45.0 Å². The number of nitrogens with one attached hydrogen (secondary N) is 3. The third kappa shape index (κ3) is 11.1. The topological polar surface area (TPSA) is 326 Å². The van der Waals surface area contributed by atoms with Crippen LogP contribution >= 0.6 is 34.5 Å². The maximum absolute atomic E-state index is 12.6. The molecule has 0 spiro atoms. The number of amides is 1. The zero-order chi connectivity index (χ0) is 50.9. The Morgan fingerprint density at radius 3 is 1.89 bits per heavy atom. The van der Waals surface area contributed by atoms with E-state index in [4.69, 9.17) is 23.2 Å². The molecule has 2 heterocycles. The van der Waals surface area contributed by atoms with E-state index in [1.165, 1.54) is 31.2 Å². The summed E-state index contributed by atoms with van der Waals surface area (Å²) in [5.41, 5.74) is 1.15. The maximum Gasteiger partial charge on any atom is 0.296 e. The Kier molecular flexibility index (Phi) is 14.5. The molecule has 7 aromatic rings. The molecule has 20 nitrogen and oxygen atoms in total. The summed E-state index contributed by atoms with van der Waals surface area (Å²) in [5.74, 6) is -0.683. The monoisotopic (exact) mass is 1060 g/mol. The molecular formula is C44H32Cl2N10O10S4. The van der Waals surface area contributed by atoms with Gasteiger partial charge in [0.05, 0.1) is 16.3 Å². The summed E-state index contributed by atoms with van der Waals surface area (Å²) >= 11 is 13.0. The number of hydrogen-bond acceptors (Lipinski definition) is 17. The minimum absolute atomic E-state index is 0.00141. The van der Waals surface area contributed by atoms with E-state index in [0.29, 0.717) is 22.0 Å². The number of azo groups is 2. The van der Waals surface area contributed by atoms with Crippen LogP contribution in [0.2, 0.25) is 10.0 Å². The zero-order valence-corrected chi connectivity index (χ0v) is 40.8. The molecule has 6 N–H and O–H groups in total. The fourth-order valence-electron chi connectivity index (χ4n) is 6.65. The molecule has 356 valence electrons. The van der Waals surface area contributed by atoms with Crippen LogP contribution in [0, 0.1) is 35.5 Å². The van der Waals surface area contributed by atoms with Crippen LogP contribution < -0.4 is 16.0 Å². The Morgan fingerprint density at radius 2 is 1.27 bits per heavy atom. The molecule has 2 aromatic heterocycles. The molecule has 0 atom stereocenters. The number of carbonyl (C=O) groups is 1. The van der Waals surface area contributed by atoms with Crippen molar-refractivity contribution in [2.24, 2.45) is 26.4 Å². The van der Waals surface area contributed by atoms with Crippen LogP contribution in [0.1, 0.15) is 30.5 Å². The van der Waals surface area contributed by atoms with Crippen molar-refractivity contribution < 1.29 is 43.7 Å². The van der Waals surface area contributed by atoms with Gasteiger partial charge in [0, 0.05) is 49.9 Å². The Bertz CT molecular complexity index is 3780. The number of benzene rings is 5. The molecule has 5 aromatic carbocycles. The van der Waals surface area contributed by atoms with Crippen LogP contribution in [0.25, 0.3) is 21.9 Å². The Morgan fingerprint density at radius 1 is 0.671 bits per heavy atom. The first kappa shape index (κ1) is 50.6. The number of pyridine rings is 1. The van der Waals surface area contributed by atoms with Crippen molar-refractivity contribution in [1.29, 1.82) is 10.5 Å². The Hall–Kier alpha value is -7.23. The standard InChI is InChI=1S/C44H32Cl2N10O10S4/c1-22(2)42(57)51-27-11-7-24(8-12-27)38-33(21-48)43(67-44(38)56-53-29-17-31-30(36(19-29)69(61,62)63)5-4-6-35(31)68(58,59)60)55-54-39-23(3)32(20-47)40(52-41(39)49-26-13-9-25(45)10-14-26)50-28-15-16-34(46)37(18-28)70(64,65)66/h4-19,22H,1-3H3,(H,51,57)(H2,49,50,52)(H,58,59,60)(H,61,62,63)(H,64,65,66). The molecule has 1 amide bonds. The molecule has 0 aliphatic heterocycles. The summed E-state index contributed by atoms with van der Waals surface area (Å²) < 4.78 is 104. The maximum atomic E-state index is 12.6. The molecule has 7 rings (SSSR count). The van der Waals surface area contributed by atoms with Crippen LogP contribution in [-0.4, -0.2) is 49.8 Å². The van der Waals surface area contributed by atoms with E-state index in [2.05, 4.69) is 53.5 Å². The highest BCUT2D eigenvalue weighted by atomic mass is 35.5. The van der Waals surface area contributed by atoms with E-state index in [-0.39, 0.29) is 88.6 Å². The predicted octanol–water partition coefficient (Wildman–Crippen LogP) is 12.0. The molecule has 0 radical (unpaired) electrons. The van der Waals surface area contributed by atoms with Crippen molar-refractivity contribution in [3.05, 3.63) is 124 Å². The van der Waals surface area contributed by atoms with Crippen LogP contribution in [-0.2, 0) is 35.1 Å². The second-order valence-electron chi connectivity index (χ2n) is 15.1. The highest BCUT2D eigenvalue weighted by Gasteiger charge is 2.25. The van der Waals surface area contributed by atoms with Gasteiger partial charge in [-0.1, -0.05) is 72.7 Å². The number of carbonyl (C=O) groups excluding carboxylic acids is 1. The largest absolute Gasteiger partial charge is 0.339 e. The van der Waals surface area contributed by atoms with Crippen molar-refractivity contribution in [1.82, 2.24) is 4.98 Å². The summed E-state index contributed by atoms with van der Waals surface area (Å²) in [4.78, 5) is 15.0. The van der Waals surface area contributed by atoms with E-state index in [9.17, 15) is 54.2 Å². The van der Waals surface area contributed by atoms with E-state index in [1.807, 2.05) is 0 Å².